The van der Waals surface area contributed by atoms with Gasteiger partial charge in [0.1, 0.15) is 5.75 Å². The molecule has 0 aliphatic carbocycles. The van der Waals surface area contributed by atoms with Gasteiger partial charge < -0.3 is 20.0 Å². The number of phenolic OH excluding ortho intramolecular Hbond substituents is 1. The standard InChI is InChI=1S/C18H16N2O5/c21-12-18(11-19-17(23)24-18)10-16(13-5-2-1-3-6-13)20-25-15-8-4-7-14(22)9-15/h1-9,12,22H,10-11H2,(H,19,23)/b20-16+. The third-order valence-electron chi connectivity index (χ3n) is 3.70. The molecule has 1 atom stereocenters. The maximum atomic E-state index is 11.5. The Balaban J connectivity index is 1.89. The minimum absolute atomic E-state index is 0.0484. The van der Waals surface area contributed by atoms with Crippen molar-refractivity contribution in [2.24, 2.45) is 5.16 Å². The Morgan fingerprint density at radius 3 is 2.72 bits per heavy atom. The molecule has 1 unspecified atom stereocenters. The summed E-state index contributed by atoms with van der Waals surface area (Å²) in [7, 11) is 0. The number of cyclic esters (lactones) is 1. The Hall–Kier alpha value is -3.35. The molecule has 128 valence electrons. The monoisotopic (exact) mass is 340 g/mol. The van der Waals surface area contributed by atoms with Crippen molar-refractivity contribution in [1.82, 2.24) is 5.32 Å². The zero-order valence-corrected chi connectivity index (χ0v) is 13.2. The second-order valence-electron chi connectivity index (χ2n) is 5.60. The van der Waals surface area contributed by atoms with E-state index in [4.69, 9.17) is 9.57 Å². The van der Waals surface area contributed by atoms with Gasteiger partial charge in [0.25, 0.3) is 0 Å². The molecule has 3 rings (SSSR count). The molecule has 1 fully saturated rings. The van der Waals surface area contributed by atoms with Gasteiger partial charge in [0.2, 0.25) is 0 Å². The van der Waals surface area contributed by atoms with Crippen molar-refractivity contribution in [3.63, 3.8) is 0 Å². The number of benzene rings is 2. The van der Waals surface area contributed by atoms with Crippen LogP contribution in [0.25, 0.3) is 0 Å². The van der Waals surface area contributed by atoms with E-state index in [-0.39, 0.29) is 18.7 Å². The second-order valence-corrected chi connectivity index (χ2v) is 5.60. The quantitative estimate of drug-likeness (QED) is 0.477. The molecule has 1 aliphatic heterocycles. The van der Waals surface area contributed by atoms with Gasteiger partial charge in [-0.25, -0.2) is 4.79 Å². The zero-order valence-electron chi connectivity index (χ0n) is 13.2. The predicted molar refractivity (Wildman–Crippen MR) is 89.6 cm³/mol. The third kappa shape index (κ3) is 3.95. The van der Waals surface area contributed by atoms with Crippen molar-refractivity contribution < 1.29 is 24.3 Å². The number of hydrogen-bond acceptors (Lipinski definition) is 6. The van der Waals surface area contributed by atoms with E-state index >= 15 is 0 Å². The predicted octanol–water partition coefficient (Wildman–Crippen LogP) is 2.24. The molecule has 0 radical (unpaired) electrons. The van der Waals surface area contributed by atoms with E-state index in [0.29, 0.717) is 17.7 Å². The first-order chi connectivity index (χ1) is 12.1. The maximum absolute atomic E-state index is 11.5. The van der Waals surface area contributed by atoms with E-state index in [2.05, 4.69) is 10.5 Å². The smallest absolute Gasteiger partial charge is 0.408 e. The van der Waals surface area contributed by atoms with Crippen LogP contribution in [0, 0.1) is 0 Å². The van der Waals surface area contributed by atoms with Crippen LogP contribution >= 0.6 is 0 Å². The average molecular weight is 340 g/mol. The van der Waals surface area contributed by atoms with Gasteiger partial charge in [0.15, 0.2) is 17.6 Å². The van der Waals surface area contributed by atoms with Gasteiger partial charge in [0, 0.05) is 12.5 Å². The van der Waals surface area contributed by atoms with Crippen molar-refractivity contribution in [1.29, 1.82) is 0 Å². The maximum Gasteiger partial charge on any atom is 0.408 e. The lowest BCUT2D eigenvalue weighted by molar-refractivity contribution is -0.120. The number of oxime groups is 1. The second kappa shape index (κ2) is 7.04. The van der Waals surface area contributed by atoms with Crippen LogP contribution in [0.2, 0.25) is 0 Å². The molecular weight excluding hydrogens is 324 g/mol. The van der Waals surface area contributed by atoms with E-state index < -0.39 is 11.7 Å². The minimum atomic E-state index is -1.33. The molecule has 7 nitrogen and oxygen atoms in total. The van der Waals surface area contributed by atoms with Crippen molar-refractivity contribution in [3.05, 3.63) is 60.2 Å². The average Bonchev–Trinajstić information content (AvgIpc) is 3.01. The number of aromatic hydroxyl groups is 1. The van der Waals surface area contributed by atoms with Crippen LogP contribution in [-0.4, -0.2) is 35.3 Å². The number of carbonyl (C=O) groups is 2. The summed E-state index contributed by atoms with van der Waals surface area (Å²) in [5, 5.41) is 16.1. The number of ether oxygens (including phenoxy) is 1. The van der Waals surface area contributed by atoms with Gasteiger partial charge in [-0.1, -0.05) is 41.6 Å². The Kier molecular flexibility index (Phi) is 4.65. The number of nitrogens with one attached hydrogen (secondary N) is 1. The molecule has 0 aromatic heterocycles. The highest BCUT2D eigenvalue weighted by molar-refractivity contribution is 6.03. The molecule has 0 spiro atoms. The zero-order chi connectivity index (χ0) is 17.7. The van der Waals surface area contributed by atoms with Crippen LogP contribution < -0.4 is 10.2 Å². The van der Waals surface area contributed by atoms with Crippen molar-refractivity contribution in [2.45, 2.75) is 12.0 Å². The molecule has 1 saturated heterocycles. The van der Waals surface area contributed by atoms with E-state index in [1.807, 2.05) is 30.3 Å². The normalized spacial score (nSPS) is 19.8. The summed E-state index contributed by atoms with van der Waals surface area (Å²) in [6, 6.07) is 15.3. The highest BCUT2D eigenvalue weighted by Crippen LogP contribution is 2.23. The van der Waals surface area contributed by atoms with Gasteiger partial charge in [-0.05, 0) is 17.7 Å². The molecule has 0 saturated carbocycles. The number of aldehydes is 1. The molecule has 1 aliphatic rings. The van der Waals surface area contributed by atoms with Crippen LogP contribution in [-0.2, 0) is 9.53 Å². The molecule has 2 N–H and O–H groups in total. The van der Waals surface area contributed by atoms with Crippen molar-refractivity contribution in [3.8, 4) is 11.5 Å². The number of hydrogen-bond donors (Lipinski definition) is 2. The fourth-order valence-corrected chi connectivity index (χ4v) is 2.43. The van der Waals surface area contributed by atoms with Crippen molar-refractivity contribution in [2.75, 3.05) is 6.54 Å². The molecule has 25 heavy (non-hydrogen) atoms. The van der Waals surface area contributed by atoms with Gasteiger partial charge in [-0.2, -0.15) is 0 Å². The molecule has 7 heteroatoms. The molecule has 1 amide bonds. The summed E-state index contributed by atoms with van der Waals surface area (Å²) in [6.07, 6.45) is 0.00360. The lowest BCUT2D eigenvalue weighted by Gasteiger charge is -2.20. The third-order valence-corrected chi connectivity index (χ3v) is 3.70. The first-order valence-corrected chi connectivity index (χ1v) is 7.62. The summed E-state index contributed by atoms with van der Waals surface area (Å²) in [5.41, 5.74) is -0.159. The number of phenols is 1. The fourth-order valence-electron chi connectivity index (χ4n) is 2.43. The summed E-state index contributed by atoms with van der Waals surface area (Å²) >= 11 is 0. The number of carbonyl (C=O) groups excluding carboxylic acids is 2. The SMILES string of the molecule is O=CC1(C/C(=N\Oc2cccc(O)c2)c2ccccc2)CNC(=O)O1. The van der Waals surface area contributed by atoms with E-state index in [1.165, 1.54) is 12.1 Å². The Labute approximate surface area is 143 Å². The molecule has 0 bridgehead atoms. The molecule has 1 heterocycles. The largest absolute Gasteiger partial charge is 0.508 e. The van der Waals surface area contributed by atoms with Gasteiger partial charge >= 0.3 is 6.09 Å². The van der Waals surface area contributed by atoms with Crippen LogP contribution in [0.3, 0.4) is 0 Å². The van der Waals surface area contributed by atoms with Crippen LogP contribution in [0.5, 0.6) is 11.5 Å². The number of nitrogens with zero attached hydrogens (tertiary/aromatic N) is 1. The molecular formula is C18H16N2O5. The highest BCUT2D eigenvalue weighted by atomic mass is 16.6. The molecule has 2 aromatic rings. The summed E-state index contributed by atoms with van der Waals surface area (Å²) in [4.78, 5) is 28.3. The Morgan fingerprint density at radius 1 is 1.28 bits per heavy atom. The topological polar surface area (TPSA) is 97.2 Å². The summed E-state index contributed by atoms with van der Waals surface area (Å²) < 4.78 is 5.13. The van der Waals surface area contributed by atoms with E-state index in [9.17, 15) is 14.7 Å². The van der Waals surface area contributed by atoms with Crippen LogP contribution in [0.15, 0.2) is 59.8 Å². The lowest BCUT2D eigenvalue weighted by Crippen LogP contribution is -2.38. The van der Waals surface area contributed by atoms with Crippen LogP contribution in [0.4, 0.5) is 4.79 Å². The van der Waals surface area contributed by atoms with Crippen LogP contribution in [0.1, 0.15) is 12.0 Å². The Bertz CT molecular complexity index is 806. The van der Waals surface area contributed by atoms with Gasteiger partial charge in [-0.15, -0.1) is 0 Å². The van der Waals surface area contributed by atoms with Gasteiger partial charge in [0.05, 0.1) is 12.3 Å². The number of amides is 1. The van der Waals surface area contributed by atoms with E-state index in [1.54, 1.807) is 12.1 Å². The lowest BCUT2D eigenvalue weighted by atomic mass is 9.95. The highest BCUT2D eigenvalue weighted by Gasteiger charge is 2.42. The number of rotatable bonds is 6. The number of alkyl carbamates (subject to hydrolysis) is 1. The van der Waals surface area contributed by atoms with Gasteiger partial charge in [-0.3, -0.25) is 4.79 Å². The first kappa shape index (κ1) is 16.5. The minimum Gasteiger partial charge on any atom is -0.508 e. The van der Waals surface area contributed by atoms with E-state index in [0.717, 1.165) is 5.56 Å². The summed E-state index contributed by atoms with van der Waals surface area (Å²) in [6.45, 7) is 0.0628. The van der Waals surface area contributed by atoms with Crippen molar-refractivity contribution >= 4 is 18.1 Å². The fraction of sp³-hybridized carbons (Fsp3) is 0.167. The summed E-state index contributed by atoms with van der Waals surface area (Å²) in [5.74, 6) is 0.391. The Morgan fingerprint density at radius 2 is 2.08 bits per heavy atom. The molecule has 2 aromatic carbocycles. The first-order valence-electron chi connectivity index (χ1n) is 7.62.